The van der Waals surface area contributed by atoms with Crippen LogP contribution in [0.5, 0.6) is 0 Å². The van der Waals surface area contributed by atoms with Gasteiger partial charge in [0.25, 0.3) is 0 Å². The van der Waals surface area contributed by atoms with E-state index in [-0.39, 0.29) is 0 Å². The van der Waals surface area contributed by atoms with Gasteiger partial charge in [0.15, 0.2) is 0 Å². The molecule has 0 amide bonds. The van der Waals surface area contributed by atoms with Gasteiger partial charge in [-0.25, -0.2) is 0 Å². The lowest BCUT2D eigenvalue weighted by Gasteiger charge is -1.98. The van der Waals surface area contributed by atoms with Crippen LogP contribution < -0.4 is 0 Å². The van der Waals surface area contributed by atoms with Crippen molar-refractivity contribution >= 4 is 95.2 Å². The quantitative estimate of drug-likeness (QED) is 0.309. The highest BCUT2D eigenvalue weighted by molar-refractivity contribution is 9.13. The van der Waals surface area contributed by atoms with Crippen LogP contribution in [0, 0.1) is 0 Å². The van der Waals surface area contributed by atoms with E-state index in [0.29, 0.717) is 0 Å². The van der Waals surface area contributed by atoms with E-state index in [2.05, 4.69) is 88.0 Å². The molecule has 0 spiro atoms. The minimum absolute atomic E-state index is 1.09. The average molecular weight is 500 g/mol. The zero-order valence-corrected chi connectivity index (χ0v) is 15.4. The molecule has 0 aliphatic rings. The number of thiophene rings is 1. The van der Waals surface area contributed by atoms with Crippen molar-refractivity contribution in [1.29, 1.82) is 0 Å². The number of hydrogen-bond donors (Lipinski definition) is 0. The first-order chi connectivity index (χ1) is 8.06. The lowest BCUT2D eigenvalue weighted by molar-refractivity contribution is 1.67. The molecule has 1 aromatic heterocycles. The SMILES string of the molecule is Brc1cc2sc3cc(Br)c(Br)cc3c2cc1Br. The maximum Gasteiger partial charge on any atom is 0.0367 e. The van der Waals surface area contributed by atoms with Gasteiger partial charge in [0.05, 0.1) is 0 Å². The molecule has 5 heteroatoms. The zero-order valence-electron chi connectivity index (χ0n) is 8.23. The highest BCUT2D eigenvalue weighted by Gasteiger charge is 2.10. The highest BCUT2D eigenvalue weighted by atomic mass is 79.9. The van der Waals surface area contributed by atoms with Crippen LogP contribution in [0.3, 0.4) is 0 Å². The molecule has 0 aliphatic heterocycles. The van der Waals surface area contributed by atoms with Crippen LogP contribution in [-0.4, -0.2) is 0 Å². The molecule has 86 valence electrons. The van der Waals surface area contributed by atoms with E-state index in [1.165, 1.54) is 20.2 Å². The Morgan fingerprint density at radius 3 is 1.35 bits per heavy atom. The van der Waals surface area contributed by atoms with Crippen molar-refractivity contribution < 1.29 is 0 Å². The van der Waals surface area contributed by atoms with E-state index < -0.39 is 0 Å². The third-order valence-electron chi connectivity index (χ3n) is 2.56. The fourth-order valence-electron chi connectivity index (χ4n) is 1.77. The molecule has 1 heterocycles. The third-order valence-corrected chi connectivity index (χ3v) is 7.36. The van der Waals surface area contributed by atoms with Crippen LogP contribution in [0.25, 0.3) is 20.2 Å². The monoisotopic (exact) mass is 496 g/mol. The summed E-state index contributed by atoms with van der Waals surface area (Å²) in [5.41, 5.74) is 0. The van der Waals surface area contributed by atoms with Gasteiger partial charge in [-0.3, -0.25) is 0 Å². The zero-order chi connectivity index (χ0) is 12.2. The second kappa shape index (κ2) is 4.60. The van der Waals surface area contributed by atoms with E-state index in [4.69, 9.17) is 0 Å². The second-order valence-electron chi connectivity index (χ2n) is 3.63. The van der Waals surface area contributed by atoms with Crippen LogP contribution in [0.15, 0.2) is 42.2 Å². The number of fused-ring (bicyclic) bond motifs is 3. The summed E-state index contributed by atoms with van der Waals surface area (Å²) in [4.78, 5) is 0. The maximum atomic E-state index is 3.56. The van der Waals surface area contributed by atoms with E-state index in [1.807, 2.05) is 0 Å². The van der Waals surface area contributed by atoms with Crippen LogP contribution in [0.4, 0.5) is 0 Å². The summed E-state index contributed by atoms with van der Waals surface area (Å²) >= 11 is 16.0. The van der Waals surface area contributed by atoms with Crippen LogP contribution in [-0.2, 0) is 0 Å². The van der Waals surface area contributed by atoms with Gasteiger partial charge in [-0.15, -0.1) is 11.3 Å². The Morgan fingerprint density at radius 1 is 0.588 bits per heavy atom. The standard InChI is InChI=1S/C12H4Br4S/c13-7-1-5-6-2-8(14)10(16)4-12(6)17-11(5)3-9(7)15/h1-4H. The molecule has 3 rings (SSSR count). The number of hydrogen-bond acceptors (Lipinski definition) is 1. The predicted octanol–water partition coefficient (Wildman–Crippen LogP) is 7.10. The summed E-state index contributed by atoms with van der Waals surface area (Å²) in [5, 5.41) is 2.57. The first kappa shape index (κ1) is 12.6. The minimum atomic E-state index is 1.09. The van der Waals surface area contributed by atoms with E-state index in [0.717, 1.165) is 17.9 Å². The van der Waals surface area contributed by atoms with Gasteiger partial charge in [0.2, 0.25) is 0 Å². The third kappa shape index (κ3) is 2.14. The number of halogens is 4. The van der Waals surface area contributed by atoms with Gasteiger partial charge in [-0.2, -0.15) is 0 Å². The Hall–Kier alpha value is 0.580. The van der Waals surface area contributed by atoms with E-state index in [1.54, 1.807) is 11.3 Å². The van der Waals surface area contributed by atoms with Crippen molar-refractivity contribution in [3.05, 3.63) is 42.2 Å². The molecule has 0 unspecified atom stereocenters. The summed E-state index contributed by atoms with van der Waals surface area (Å²) in [6.45, 7) is 0. The van der Waals surface area contributed by atoms with Crippen molar-refractivity contribution in [3.63, 3.8) is 0 Å². The van der Waals surface area contributed by atoms with Crippen molar-refractivity contribution in [2.45, 2.75) is 0 Å². The highest BCUT2D eigenvalue weighted by Crippen LogP contribution is 2.41. The molecule has 0 fully saturated rings. The lowest BCUT2D eigenvalue weighted by atomic mass is 10.1. The minimum Gasteiger partial charge on any atom is -0.135 e. The van der Waals surface area contributed by atoms with Gasteiger partial charge in [-0.05, 0) is 88.0 Å². The van der Waals surface area contributed by atoms with Crippen molar-refractivity contribution in [2.24, 2.45) is 0 Å². The molecule has 0 N–H and O–H groups in total. The molecule has 2 aromatic carbocycles. The predicted molar refractivity (Wildman–Crippen MR) is 90.1 cm³/mol. The number of benzene rings is 2. The van der Waals surface area contributed by atoms with Crippen LogP contribution in [0.1, 0.15) is 0 Å². The number of rotatable bonds is 0. The Kier molecular flexibility index (Phi) is 3.41. The molecule has 0 nitrogen and oxygen atoms in total. The topological polar surface area (TPSA) is 0 Å². The summed E-state index contributed by atoms with van der Waals surface area (Å²) in [6, 6.07) is 8.65. The fraction of sp³-hybridized carbons (Fsp3) is 0. The smallest absolute Gasteiger partial charge is 0.0367 e. The van der Waals surface area contributed by atoms with Gasteiger partial charge >= 0.3 is 0 Å². The largest absolute Gasteiger partial charge is 0.135 e. The Labute approximate surface area is 136 Å². The molecule has 17 heavy (non-hydrogen) atoms. The van der Waals surface area contributed by atoms with Gasteiger partial charge in [-0.1, -0.05) is 0 Å². The summed E-state index contributed by atoms with van der Waals surface area (Å²) < 4.78 is 6.94. The molecule has 0 saturated carbocycles. The first-order valence-electron chi connectivity index (χ1n) is 4.72. The van der Waals surface area contributed by atoms with Crippen LogP contribution in [0.2, 0.25) is 0 Å². The van der Waals surface area contributed by atoms with Crippen molar-refractivity contribution in [2.75, 3.05) is 0 Å². The molecule has 3 aromatic rings. The molecule has 0 radical (unpaired) electrons. The fourth-order valence-corrected chi connectivity index (χ4v) is 4.59. The Balaban J connectivity index is 2.51. The summed E-state index contributed by atoms with van der Waals surface area (Å²) in [7, 11) is 0. The average Bonchev–Trinajstić information content (AvgIpc) is 2.58. The normalized spacial score (nSPS) is 11.5. The first-order valence-corrected chi connectivity index (χ1v) is 8.71. The molecule has 0 aliphatic carbocycles. The van der Waals surface area contributed by atoms with E-state index >= 15 is 0 Å². The Morgan fingerprint density at radius 2 is 0.941 bits per heavy atom. The summed E-state index contributed by atoms with van der Waals surface area (Å²) in [5.74, 6) is 0. The van der Waals surface area contributed by atoms with Crippen molar-refractivity contribution in [1.82, 2.24) is 0 Å². The molecule has 0 saturated heterocycles. The van der Waals surface area contributed by atoms with Gasteiger partial charge < -0.3 is 0 Å². The van der Waals surface area contributed by atoms with Gasteiger partial charge in [0, 0.05) is 38.1 Å². The Bertz CT molecular complexity index is 683. The maximum absolute atomic E-state index is 3.56. The second-order valence-corrected chi connectivity index (χ2v) is 8.13. The van der Waals surface area contributed by atoms with E-state index in [9.17, 15) is 0 Å². The van der Waals surface area contributed by atoms with Crippen molar-refractivity contribution in [3.8, 4) is 0 Å². The van der Waals surface area contributed by atoms with Crippen LogP contribution >= 0.6 is 75.1 Å². The lowest BCUT2D eigenvalue weighted by Crippen LogP contribution is -1.72. The molecular formula is C12H4Br4S. The molecule has 0 atom stereocenters. The summed E-state index contributed by atoms with van der Waals surface area (Å²) in [6.07, 6.45) is 0. The van der Waals surface area contributed by atoms with Gasteiger partial charge in [0.1, 0.15) is 0 Å². The molecular weight excluding hydrogens is 496 g/mol. The molecule has 0 bridgehead atoms.